The van der Waals surface area contributed by atoms with Crippen molar-refractivity contribution in [2.45, 2.75) is 25.1 Å². The SMILES string of the molecule is Cc1ccc(OCCCc2ccccc2)c(CBr)c1. The summed E-state index contributed by atoms with van der Waals surface area (Å²) in [5.41, 5.74) is 3.86. The Kier molecular flexibility index (Phi) is 5.46. The van der Waals surface area contributed by atoms with Crippen LogP contribution in [-0.2, 0) is 11.8 Å². The predicted octanol–water partition coefficient (Wildman–Crippen LogP) is 4.90. The van der Waals surface area contributed by atoms with Gasteiger partial charge in [-0.05, 0) is 31.4 Å². The van der Waals surface area contributed by atoms with Gasteiger partial charge in [-0.1, -0.05) is 64.0 Å². The fourth-order valence-corrected chi connectivity index (χ4v) is 2.49. The fraction of sp³-hybridized carbons (Fsp3) is 0.294. The van der Waals surface area contributed by atoms with Crippen molar-refractivity contribution >= 4 is 15.9 Å². The molecule has 2 rings (SSSR count). The second kappa shape index (κ2) is 7.34. The summed E-state index contributed by atoms with van der Waals surface area (Å²) < 4.78 is 5.87. The molecule has 100 valence electrons. The first-order valence-electron chi connectivity index (χ1n) is 6.62. The van der Waals surface area contributed by atoms with E-state index in [-0.39, 0.29) is 0 Å². The number of aryl methyl sites for hydroxylation is 2. The van der Waals surface area contributed by atoms with Gasteiger partial charge in [-0.2, -0.15) is 0 Å². The predicted molar refractivity (Wildman–Crippen MR) is 84.1 cm³/mol. The molecule has 2 heteroatoms. The van der Waals surface area contributed by atoms with Gasteiger partial charge >= 0.3 is 0 Å². The lowest BCUT2D eigenvalue weighted by Gasteiger charge is -2.10. The molecule has 0 radical (unpaired) electrons. The van der Waals surface area contributed by atoms with Crippen molar-refractivity contribution in [1.29, 1.82) is 0 Å². The van der Waals surface area contributed by atoms with E-state index in [4.69, 9.17) is 4.74 Å². The van der Waals surface area contributed by atoms with E-state index in [9.17, 15) is 0 Å². The van der Waals surface area contributed by atoms with E-state index in [0.717, 1.165) is 30.5 Å². The Labute approximate surface area is 123 Å². The molecule has 19 heavy (non-hydrogen) atoms. The molecule has 0 spiro atoms. The van der Waals surface area contributed by atoms with Crippen LogP contribution in [0, 0.1) is 6.92 Å². The lowest BCUT2D eigenvalue weighted by Crippen LogP contribution is -2.01. The Morgan fingerprint density at radius 3 is 2.58 bits per heavy atom. The minimum absolute atomic E-state index is 0.762. The van der Waals surface area contributed by atoms with Gasteiger partial charge < -0.3 is 4.74 Å². The summed E-state index contributed by atoms with van der Waals surface area (Å²) >= 11 is 3.51. The number of halogens is 1. The topological polar surface area (TPSA) is 9.23 Å². The molecule has 0 fully saturated rings. The molecular formula is C17H19BrO. The number of hydrogen-bond acceptors (Lipinski definition) is 1. The minimum atomic E-state index is 0.762. The lowest BCUT2D eigenvalue weighted by atomic mass is 10.1. The summed E-state index contributed by atoms with van der Waals surface area (Å²) in [7, 11) is 0. The zero-order chi connectivity index (χ0) is 13.5. The average Bonchev–Trinajstić information content (AvgIpc) is 2.46. The number of alkyl halides is 1. The molecule has 0 aliphatic heterocycles. The van der Waals surface area contributed by atoms with E-state index in [0.29, 0.717) is 0 Å². The van der Waals surface area contributed by atoms with Crippen molar-refractivity contribution < 1.29 is 4.74 Å². The van der Waals surface area contributed by atoms with E-state index in [2.05, 4.69) is 71.4 Å². The van der Waals surface area contributed by atoms with E-state index >= 15 is 0 Å². The quantitative estimate of drug-likeness (QED) is 0.543. The van der Waals surface area contributed by atoms with Crippen molar-refractivity contribution in [3.05, 3.63) is 65.2 Å². The maximum atomic E-state index is 5.87. The third-order valence-electron chi connectivity index (χ3n) is 3.07. The number of rotatable bonds is 6. The first-order chi connectivity index (χ1) is 9.29. The molecule has 1 nitrogen and oxygen atoms in total. The lowest BCUT2D eigenvalue weighted by molar-refractivity contribution is 0.309. The van der Waals surface area contributed by atoms with E-state index in [1.165, 1.54) is 16.7 Å². The highest BCUT2D eigenvalue weighted by Gasteiger charge is 2.02. The molecule has 0 unspecified atom stereocenters. The third kappa shape index (κ3) is 4.39. The van der Waals surface area contributed by atoms with Crippen molar-refractivity contribution in [2.24, 2.45) is 0 Å². The second-order valence-electron chi connectivity index (χ2n) is 4.68. The van der Waals surface area contributed by atoms with Gasteiger partial charge in [-0.15, -0.1) is 0 Å². The molecule has 0 N–H and O–H groups in total. The molecule has 0 heterocycles. The number of ether oxygens (including phenoxy) is 1. The maximum absolute atomic E-state index is 5.87. The molecular weight excluding hydrogens is 300 g/mol. The first-order valence-corrected chi connectivity index (χ1v) is 7.74. The van der Waals surface area contributed by atoms with Crippen LogP contribution >= 0.6 is 15.9 Å². The van der Waals surface area contributed by atoms with Gasteiger partial charge in [-0.3, -0.25) is 0 Å². The summed E-state index contributed by atoms with van der Waals surface area (Å²) in [6, 6.07) is 16.9. The number of hydrogen-bond donors (Lipinski definition) is 0. The molecule has 0 aromatic heterocycles. The van der Waals surface area contributed by atoms with Crippen LogP contribution in [0.15, 0.2) is 48.5 Å². The third-order valence-corrected chi connectivity index (χ3v) is 3.67. The van der Waals surface area contributed by atoms with Gasteiger partial charge in [0, 0.05) is 10.9 Å². The van der Waals surface area contributed by atoms with Crippen molar-refractivity contribution in [2.75, 3.05) is 6.61 Å². The summed E-state index contributed by atoms with van der Waals surface area (Å²) in [6.45, 7) is 2.86. The van der Waals surface area contributed by atoms with Gasteiger partial charge in [-0.25, -0.2) is 0 Å². The number of benzene rings is 2. The molecule has 0 aliphatic carbocycles. The van der Waals surface area contributed by atoms with Crippen LogP contribution in [0.5, 0.6) is 5.75 Å². The van der Waals surface area contributed by atoms with Crippen LogP contribution < -0.4 is 4.74 Å². The van der Waals surface area contributed by atoms with Crippen LogP contribution in [-0.4, -0.2) is 6.61 Å². The monoisotopic (exact) mass is 318 g/mol. The van der Waals surface area contributed by atoms with Gasteiger partial charge in [0.05, 0.1) is 6.61 Å². The molecule has 2 aromatic carbocycles. The molecule has 0 aliphatic rings. The molecule has 0 saturated heterocycles. The molecule has 0 bridgehead atoms. The summed E-state index contributed by atoms with van der Waals surface area (Å²) in [5.74, 6) is 0.996. The van der Waals surface area contributed by atoms with Crippen molar-refractivity contribution in [3.63, 3.8) is 0 Å². The van der Waals surface area contributed by atoms with Gasteiger partial charge in [0.15, 0.2) is 0 Å². The normalized spacial score (nSPS) is 10.4. The van der Waals surface area contributed by atoms with Gasteiger partial charge in [0.25, 0.3) is 0 Å². The second-order valence-corrected chi connectivity index (χ2v) is 5.24. The van der Waals surface area contributed by atoms with Crippen molar-refractivity contribution in [1.82, 2.24) is 0 Å². The zero-order valence-electron chi connectivity index (χ0n) is 11.2. The minimum Gasteiger partial charge on any atom is -0.493 e. The van der Waals surface area contributed by atoms with Gasteiger partial charge in [0.1, 0.15) is 5.75 Å². The summed E-state index contributed by atoms with van der Waals surface area (Å²) in [4.78, 5) is 0. The van der Waals surface area contributed by atoms with Crippen LogP contribution in [0.1, 0.15) is 23.1 Å². The first kappa shape index (κ1) is 14.1. The molecule has 0 amide bonds. The molecule has 0 atom stereocenters. The van der Waals surface area contributed by atoms with E-state index in [1.54, 1.807) is 0 Å². The zero-order valence-corrected chi connectivity index (χ0v) is 12.8. The highest BCUT2D eigenvalue weighted by molar-refractivity contribution is 9.08. The summed E-state index contributed by atoms with van der Waals surface area (Å²) in [6.07, 6.45) is 2.11. The average molecular weight is 319 g/mol. The Morgan fingerprint density at radius 1 is 1.05 bits per heavy atom. The van der Waals surface area contributed by atoms with E-state index < -0.39 is 0 Å². The van der Waals surface area contributed by atoms with Crippen LogP contribution in [0.2, 0.25) is 0 Å². The Hall–Kier alpha value is -1.28. The Bertz CT molecular complexity index is 508. The van der Waals surface area contributed by atoms with E-state index in [1.807, 2.05) is 0 Å². The maximum Gasteiger partial charge on any atom is 0.123 e. The summed E-state index contributed by atoms with van der Waals surface area (Å²) in [5, 5.41) is 0.836. The smallest absolute Gasteiger partial charge is 0.123 e. The highest BCUT2D eigenvalue weighted by atomic mass is 79.9. The van der Waals surface area contributed by atoms with Crippen LogP contribution in [0.4, 0.5) is 0 Å². The van der Waals surface area contributed by atoms with Crippen molar-refractivity contribution in [3.8, 4) is 5.75 Å². The largest absolute Gasteiger partial charge is 0.493 e. The highest BCUT2D eigenvalue weighted by Crippen LogP contribution is 2.22. The molecule has 2 aromatic rings. The molecule has 0 saturated carbocycles. The van der Waals surface area contributed by atoms with Crippen LogP contribution in [0.25, 0.3) is 0 Å². The van der Waals surface area contributed by atoms with Gasteiger partial charge in [0.2, 0.25) is 0 Å². The Balaban J connectivity index is 1.83. The fourth-order valence-electron chi connectivity index (χ4n) is 2.06. The standard InChI is InChI=1S/C17H19BrO/c1-14-9-10-17(16(12-14)13-18)19-11-5-8-15-6-3-2-4-7-15/h2-4,6-7,9-10,12H,5,8,11,13H2,1H3. The van der Waals surface area contributed by atoms with Crippen LogP contribution in [0.3, 0.4) is 0 Å². The Morgan fingerprint density at radius 2 is 1.84 bits per heavy atom.